The summed E-state index contributed by atoms with van der Waals surface area (Å²) < 4.78 is 16.9. The molecule has 0 bridgehead atoms. The number of carbonyl (C=O) groups excluding carboxylic acids is 3. The van der Waals surface area contributed by atoms with Crippen molar-refractivity contribution in [2.75, 3.05) is 6.61 Å². The first-order valence-corrected chi connectivity index (χ1v) is 18.1. The first-order chi connectivity index (χ1) is 24.3. The fourth-order valence-corrected chi connectivity index (χ4v) is 7.46. The van der Waals surface area contributed by atoms with E-state index in [9.17, 15) is 24.6 Å². The van der Waals surface area contributed by atoms with Crippen LogP contribution < -0.4 is 10.1 Å². The van der Waals surface area contributed by atoms with Gasteiger partial charge in [0.2, 0.25) is 0 Å². The van der Waals surface area contributed by atoms with Gasteiger partial charge in [-0.05, 0) is 84.6 Å². The number of hydrogen-bond acceptors (Lipinski definition) is 8. The number of nitrogens with one attached hydrogen (secondary N) is 1. The van der Waals surface area contributed by atoms with Crippen LogP contribution in [0.5, 0.6) is 5.75 Å². The summed E-state index contributed by atoms with van der Waals surface area (Å²) >= 11 is 0. The minimum atomic E-state index is -1.26. The fraction of sp³-hybridized carbons (Fsp3) is 0.488. The molecular weight excluding hydrogens is 634 g/mol. The van der Waals surface area contributed by atoms with Crippen LogP contribution in [0.3, 0.4) is 0 Å². The zero-order valence-corrected chi connectivity index (χ0v) is 29.0. The predicted molar refractivity (Wildman–Crippen MR) is 189 cm³/mol. The highest BCUT2D eigenvalue weighted by Gasteiger charge is 2.45. The number of unbranched alkanes of at least 4 members (excludes halogenated alkanes) is 2. The molecule has 1 saturated carbocycles. The van der Waals surface area contributed by atoms with Gasteiger partial charge in [-0.3, -0.25) is 9.59 Å². The summed E-state index contributed by atoms with van der Waals surface area (Å²) in [5.41, 5.74) is 3.77. The number of rotatable bonds is 18. The molecule has 9 nitrogen and oxygen atoms in total. The van der Waals surface area contributed by atoms with E-state index >= 15 is 0 Å². The number of ether oxygens (including phenoxy) is 3. The summed E-state index contributed by atoms with van der Waals surface area (Å²) in [4.78, 5) is 39.0. The number of fused-ring (bicyclic) bond motifs is 2. The molecule has 1 unspecified atom stereocenters. The molecule has 0 spiro atoms. The molecule has 2 aliphatic rings. The van der Waals surface area contributed by atoms with Gasteiger partial charge in [-0.2, -0.15) is 0 Å². The smallest absolute Gasteiger partial charge is 0.329 e. The molecule has 0 saturated heterocycles. The second-order valence-corrected chi connectivity index (χ2v) is 13.8. The van der Waals surface area contributed by atoms with E-state index in [0.29, 0.717) is 30.4 Å². The maximum absolute atomic E-state index is 13.2. The van der Waals surface area contributed by atoms with Crippen LogP contribution in [0.15, 0.2) is 78.9 Å². The van der Waals surface area contributed by atoms with Crippen LogP contribution >= 0.6 is 0 Å². The lowest BCUT2D eigenvalue weighted by Gasteiger charge is -2.32. The Labute approximate surface area is 295 Å². The molecular formula is C41H51NO8. The van der Waals surface area contributed by atoms with Crippen molar-refractivity contribution in [1.29, 1.82) is 0 Å². The average Bonchev–Trinajstić information content (AvgIpc) is 3.44. The Morgan fingerprint density at radius 3 is 2.26 bits per heavy atom. The van der Waals surface area contributed by atoms with E-state index < -0.39 is 36.4 Å². The Hall–Kier alpha value is -4.21. The second-order valence-electron chi connectivity index (χ2n) is 13.8. The van der Waals surface area contributed by atoms with E-state index in [1.165, 1.54) is 0 Å². The lowest BCUT2D eigenvalue weighted by atomic mass is 9.73. The van der Waals surface area contributed by atoms with Crippen LogP contribution in [-0.4, -0.2) is 52.9 Å². The number of aliphatic hydroxyl groups excluding tert-OH is 2. The molecule has 0 aliphatic heterocycles. The van der Waals surface area contributed by atoms with Crippen molar-refractivity contribution in [3.63, 3.8) is 0 Å². The molecule has 268 valence electrons. The van der Waals surface area contributed by atoms with Crippen molar-refractivity contribution >= 4 is 17.8 Å². The Kier molecular flexibility index (Phi) is 13.9. The van der Waals surface area contributed by atoms with Gasteiger partial charge in [0.15, 0.2) is 6.61 Å². The molecule has 0 heterocycles. The molecule has 1 amide bonds. The lowest BCUT2D eigenvalue weighted by molar-refractivity contribution is -0.155. The number of amides is 1. The van der Waals surface area contributed by atoms with Crippen LogP contribution in [0.1, 0.15) is 80.5 Å². The SMILES string of the molecule is CCCCC[C@H](O)CC[C@@H]1[C@H]2Cc3cccc(OCC(=O)NC(CC(=O)OCc4ccccc4)C(=O)OCc4ccccc4)c3C[C@H]2C[C@H]1O. The maximum Gasteiger partial charge on any atom is 0.329 e. The number of benzene rings is 3. The molecule has 0 radical (unpaired) electrons. The Balaban J connectivity index is 1.17. The van der Waals surface area contributed by atoms with Crippen molar-refractivity contribution < 1.29 is 38.8 Å². The number of carbonyl (C=O) groups is 3. The van der Waals surface area contributed by atoms with Crippen LogP contribution in [0.4, 0.5) is 0 Å². The summed E-state index contributed by atoms with van der Waals surface area (Å²) in [5, 5.41) is 24.2. The summed E-state index contributed by atoms with van der Waals surface area (Å²) in [5.74, 6) is -0.570. The van der Waals surface area contributed by atoms with Crippen LogP contribution in [-0.2, 0) is 49.9 Å². The zero-order valence-electron chi connectivity index (χ0n) is 29.0. The third-order valence-corrected chi connectivity index (χ3v) is 10.1. The van der Waals surface area contributed by atoms with Crippen LogP contribution in [0.2, 0.25) is 0 Å². The van der Waals surface area contributed by atoms with Crippen molar-refractivity contribution in [1.82, 2.24) is 5.32 Å². The van der Waals surface area contributed by atoms with Gasteiger partial charge in [0.1, 0.15) is 25.0 Å². The van der Waals surface area contributed by atoms with Crippen LogP contribution in [0, 0.1) is 17.8 Å². The van der Waals surface area contributed by atoms with Gasteiger partial charge in [-0.15, -0.1) is 0 Å². The third-order valence-electron chi connectivity index (χ3n) is 10.1. The summed E-state index contributed by atoms with van der Waals surface area (Å²) in [6.45, 7) is 1.84. The highest BCUT2D eigenvalue weighted by molar-refractivity contribution is 5.88. The molecule has 50 heavy (non-hydrogen) atoms. The maximum atomic E-state index is 13.2. The molecule has 1 fully saturated rings. The minimum absolute atomic E-state index is 0.00495. The first-order valence-electron chi connectivity index (χ1n) is 18.1. The highest BCUT2D eigenvalue weighted by atomic mass is 16.5. The van der Waals surface area contributed by atoms with E-state index in [-0.39, 0.29) is 31.8 Å². The van der Waals surface area contributed by atoms with E-state index in [4.69, 9.17) is 14.2 Å². The topological polar surface area (TPSA) is 131 Å². The van der Waals surface area contributed by atoms with Gasteiger partial charge in [0.25, 0.3) is 5.91 Å². The second kappa shape index (κ2) is 18.7. The molecule has 5 rings (SSSR count). The molecule has 0 aromatic heterocycles. The highest BCUT2D eigenvalue weighted by Crippen LogP contribution is 2.48. The van der Waals surface area contributed by atoms with E-state index in [2.05, 4.69) is 18.3 Å². The quantitative estimate of drug-likeness (QED) is 0.112. The van der Waals surface area contributed by atoms with E-state index in [1.54, 1.807) is 0 Å². The minimum Gasteiger partial charge on any atom is -0.483 e. The van der Waals surface area contributed by atoms with Crippen molar-refractivity contribution in [3.05, 3.63) is 101 Å². The molecule has 3 aromatic carbocycles. The molecule has 3 aromatic rings. The number of hydrogen-bond donors (Lipinski definition) is 3. The Morgan fingerprint density at radius 2 is 1.56 bits per heavy atom. The summed E-state index contributed by atoms with van der Waals surface area (Å²) in [6.07, 6.45) is 6.80. The zero-order chi connectivity index (χ0) is 35.3. The lowest BCUT2D eigenvalue weighted by Crippen LogP contribution is -2.45. The molecule has 3 N–H and O–H groups in total. The average molecular weight is 686 g/mol. The monoisotopic (exact) mass is 685 g/mol. The normalized spacial score (nSPS) is 20.5. The van der Waals surface area contributed by atoms with E-state index in [1.807, 2.05) is 72.8 Å². The summed E-state index contributed by atoms with van der Waals surface area (Å²) in [6, 6.07) is 22.9. The van der Waals surface area contributed by atoms with Crippen molar-refractivity contribution in [2.24, 2.45) is 17.8 Å². The third kappa shape index (κ3) is 10.6. The Bertz CT molecular complexity index is 1530. The van der Waals surface area contributed by atoms with Gasteiger partial charge in [-0.25, -0.2) is 4.79 Å². The van der Waals surface area contributed by atoms with Gasteiger partial charge < -0.3 is 29.7 Å². The van der Waals surface area contributed by atoms with Crippen molar-refractivity contribution in [2.45, 2.75) is 103 Å². The van der Waals surface area contributed by atoms with Gasteiger partial charge in [0, 0.05) is 0 Å². The van der Waals surface area contributed by atoms with Gasteiger partial charge in [0.05, 0.1) is 18.6 Å². The van der Waals surface area contributed by atoms with Crippen LogP contribution in [0.25, 0.3) is 0 Å². The van der Waals surface area contributed by atoms with E-state index in [0.717, 1.165) is 67.2 Å². The largest absolute Gasteiger partial charge is 0.483 e. The fourth-order valence-electron chi connectivity index (χ4n) is 7.46. The molecule has 2 aliphatic carbocycles. The number of aliphatic hydroxyl groups is 2. The predicted octanol–water partition coefficient (Wildman–Crippen LogP) is 5.86. The summed E-state index contributed by atoms with van der Waals surface area (Å²) in [7, 11) is 0. The first kappa shape index (κ1) is 37.1. The Morgan fingerprint density at radius 1 is 0.860 bits per heavy atom. The molecule has 9 heteroatoms. The van der Waals surface area contributed by atoms with Gasteiger partial charge in [-0.1, -0.05) is 99.0 Å². The molecule has 6 atom stereocenters. The van der Waals surface area contributed by atoms with Crippen molar-refractivity contribution in [3.8, 4) is 5.75 Å². The van der Waals surface area contributed by atoms with Gasteiger partial charge >= 0.3 is 11.9 Å². The standard InChI is InChI=1S/C41H51NO8/c1-2-3-6-17-32(43)19-20-33-34-21-30-16-11-18-38(35(30)22-31(34)23-37(33)44)48-27-39(45)42-36(41(47)50-26-29-14-9-5-10-15-29)24-40(46)49-25-28-12-7-4-8-13-28/h4-5,7-16,18,31-34,36-37,43-44H,2-3,6,17,19-27H2,1H3,(H,42,45)/t31-,32-,33+,34-,36?,37+/m0/s1. The number of esters is 2.